The van der Waals surface area contributed by atoms with Gasteiger partial charge < -0.3 is 4.90 Å². The van der Waals surface area contributed by atoms with Crippen LogP contribution in [0.4, 0.5) is 0 Å². The van der Waals surface area contributed by atoms with Crippen molar-refractivity contribution in [1.29, 1.82) is 0 Å². The number of rotatable bonds is 3. The number of nitrogens with one attached hydrogen (secondary N) is 1. The Morgan fingerprint density at radius 3 is 2.67 bits per heavy atom. The Hall–Kier alpha value is -1.16. The number of nitrogens with zero attached hydrogens (tertiary/aromatic N) is 2. The van der Waals surface area contributed by atoms with Gasteiger partial charge in [0, 0.05) is 18.5 Å². The first-order valence-electron chi connectivity index (χ1n) is 5.45. The molecule has 0 saturated carbocycles. The predicted octanol–water partition coefficient (Wildman–Crippen LogP) is 0.635. The zero-order chi connectivity index (χ0) is 10.8. The molecule has 0 aliphatic carbocycles. The van der Waals surface area contributed by atoms with Gasteiger partial charge in [0.15, 0.2) is 0 Å². The van der Waals surface area contributed by atoms with Gasteiger partial charge in [-0.3, -0.25) is 4.79 Å². The van der Waals surface area contributed by atoms with Crippen molar-refractivity contribution in [2.75, 3.05) is 19.6 Å². The minimum Gasteiger partial charge on any atom is -0.303 e. The van der Waals surface area contributed by atoms with E-state index in [0.717, 1.165) is 29.8 Å². The van der Waals surface area contributed by atoms with Crippen molar-refractivity contribution in [3.63, 3.8) is 0 Å². The molecule has 82 valence electrons. The molecular weight excluding hydrogens is 190 g/mol. The molecule has 1 N–H and O–H groups in total. The molecule has 4 heteroatoms. The minimum absolute atomic E-state index is 0.0693. The summed E-state index contributed by atoms with van der Waals surface area (Å²) in [5, 5.41) is 6.65. The van der Waals surface area contributed by atoms with Crippen molar-refractivity contribution < 1.29 is 0 Å². The van der Waals surface area contributed by atoms with Crippen LogP contribution >= 0.6 is 0 Å². The third kappa shape index (κ3) is 2.09. The monoisotopic (exact) mass is 207 g/mol. The third-order valence-corrected chi connectivity index (χ3v) is 3.24. The molecule has 2 rings (SSSR count). The molecule has 0 amide bonds. The van der Waals surface area contributed by atoms with Gasteiger partial charge in [-0.25, -0.2) is 5.10 Å². The second-order valence-corrected chi connectivity index (χ2v) is 4.19. The first-order valence-corrected chi connectivity index (χ1v) is 5.45. The summed E-state index contributed by atoms with van der Waals surface area (Å²) in [5.74, 6) is 0. The van der Waals surface area contributed by atoms with Crippen LogP contribution in [-0.4, -0.2) is 34.7 Å². The lowest BCUT2D eigenvalue weighted by Crippen LogP contribution is -2.38. The summed E-state index contributed by atoms with van der Waals surface area (Å²) in [5.41, 5.74) is 2.79. The first-order chi connectivity index (χ1) is 7.18. The molecule has 1 aromatic heterocycles. The lowest BCUT2D eigenvalue weighted by Gasteiger charge is -2.30. The van der Waals surface area contributed by atoms with Crippen LogP contribution < -0.4 is 5.56 Å². The highest BCUT2D eigenvalue weighted by molar-refractivity contribution is 5.25. The maximum atomic E-state index is 11.3. The number of aromatic nitrogens is 2. The zero-order valence-corrected chi connectivity index (χ0v) is 9.34. The lowest BCUT2D eigenvalue weighted by atomic mass is 10.1. The van der Waals surface area contributed by atoms with Crippen molar-refractivity contribution in [2.45, 2.75) is 26.7 Å². The Labute approximate surface area is 89.3 Å². The fourth-order valence-corrected chi connectivity index (χ4v) is 1.79. The van der Waals surface area contributed by atoms with Crippen LogP contribution in [0, 0.1) is 13.8 Å². The van der Waals surface area contributed by atoms with E-state index in [-0.39, 0.29) is 5.56 Å². The largest absolute Gasteiger partial charge is 0.303 e. The van der Waals surface area contributed by atoms with E-state index in [1.54, 1.807) is 0 Å². The van der Waals surface area contributed by atoms with E-state index in [1.807, 2.05) is 13.8 Å². The topological polar surface area (TPSA) is 49.0 Å². The molecule has 1 aliphatic heterocycles. The summed E-state index contributed by atoms with van der Waals surface area (Å²) >= 11 is 0. The highest BCUT2D eigenvalue weighted by Crippen LogP contribution is 2.10. The number of aromatic amines is 1. The van der Waals surface area contributed by atoms with E-state index in [9.17, 15) is 4.79 Å². The summed E-state index contributed by atoms with van der Waals surface area (Å²) in [6.07, 6.45) is 2.25. The lowest BCUT2D eigenvalue weighted by molar-refractivity contribution is 0.183. The van der Waals surface area contributed by atoms with Gasteiger partial charge in [-0.1, -0.05) is 0 Å². The molecule has 0 radical (unpaired) electrons. The number of hydrogen-bond donors (Lipinski definition) is 1. The standard InChI is InChI=1S/C11H17N3O/c1-8-9(2)11(15)13-12-10(8)4-7-14-5-3-6-14/h3-7H2,1-2H3,(H,13,15). The molecule has 1 fully saturated rings. The highest BCUT2D eigenvalue weighted by Gasteiger charge is 2.14. The van der Waals surface area contributed by atoms with E-state index in [4.69, 9.17) is 0 Å². The Morgan fingerprint density at radius 1 is 1.33 bits per heavy atom. The van der Waals surface area contributed by atoms with Gasteiger partial charge in [0.25, 0.3) is 5.56 Å². The smallest absolute Gasteiger partial charge is 0.267 e. The van der Waals surface area contributed by atoms with Gasteiger partial charge in [-0.2, -0.15) is 5.10 Å². The van der Waals surface area contributed by atoms with Crippen LogP contribution in [-0.2, 0) is 6.42 Å². The van der Waals surface area contributed by atoms with Gasteiger partial charge in [-0.05, 0) is 38.9 Å². The number of likely N-dealkylation sites (tertiary alicyclic amines) is 1. The SMILES string of the molecule is Cc1c(CCN2CCC2)n[nH]c(=O)c1C. The maximum Gasteiger partial charge on any atom is 0.267 e. The third-order valence-electron chi connectivity index (χ3n) is 3.24. The second-order valence-electron chi connectivity index (χ2n) is 4.19. The molecule has 0 aromatic carbocycles. The number of H-pyrrole nitrogens is 1. The molecular formula is C11H17N3O. The average molecular weight is 207 g/mol. The molecule has 0 spiro atoms. The quantitative estimate of drug-likeness (QED) is 0.791. The minimum atomic E-state index is -0.0693. The fraction of sp³-hybridized carbons (Fsp3) is 0.636. The van der Waals surface area contributed by atoms with Gasteiger partial charge in [-0.15, -0.1) is 0 Å². The van der Waals surface area contributed by atoms with Crippen LogP contribution in [0.15, 0.2) is 4.79 Å². The van der Waals surface area contributed by atoms with Crippen LogP contribution in [0.2, 0.25) is 0 Å². The van der Waals surface area contributed by atoms with Crippen molar-refractivity contribution in [2.24, 2.45) is 0 Å². The van der Waals surface area contributed by atoms with Crippen molar-refractivity contribution >= 4 is 0 Å². The molecule has 0 bridgehead atoms. The molecule has 0 unspecified atom stereocenters. The van der Waals surface area contributed by atoms with E-state index in [0.29, 0.717) is 0 Å². The molecule has 2 heterocycles. The van der Waals surface area contributed by atoms with Crippen molar-refractivity contribution in [1.82, 2.24) is 15.1 Å². The first kappa shape index (κ1) is 10.4. The van der Waals surface area contributed by atoms with Crippen LogP contribution in [0.1, 0.15) is 23.2 Å². The van der Waals surface area contributed by atoms with E-state index < -0.39 is 0 Å². The van der Waals surface area contributed by atoms with E-state index in [1.165, 1.54) is 19.5 Å². The van der Waals surface area contributed by atoms with Gasteiger partial charge in [0.1, 0.15) is 0 Å². The Morgan fingerprint density at radius 2 is 2.07 bits per heavy atom. The van der Waals surface area contributed by atoms with Crippen LogP contribution in [0.25, 0.3) is 0 Å². The summed E-state index contributed by atoms with van der Waals surface area (Å²) in [4.78, 5) is 13.7. The molecule has 4 nitrogen and oxygen atoms in total. The summed E-state index contributed by atoms with van der Waals surface area (Å²) in [6.45, 7) is 7.30. The van der Waals surface area contributed by atoms with Gasteiger partial charge in [0.2, 0.25) is 0 Å². The Balaban J connectivity index is 2.07. The summed E-state index contributed by atoms with van der Waals surface area (Å²) in [7, 11) is 0. The van der Waals surface area contributed by atoms with Crippen LogP contribution in [0.3, 0.4) is 0 Å². The van der Waals surface area contributed by atoms with E-state index in [2.05, 4.69) is 15.1 Å². The maximum absolute atomic E-state index is 11.3. The van der Waals surface area contributed by atoms with Gasteiger partial charge >= 0.3 is 0 Å². The molecule has 1 saturated heterocycles. The summed E-state index contributed by atoms with van der Waals surface area (Å²) < 4.78 is 0. The van der Waals surface area contributed by atoms with Crippen molar-refractivity contribution in [3.05, 3.63) is 27.2 Å². The number of hydrogen-bond acceptors (Lipinski definition) is 3. The normalized spacial score (nSPS) is 16.4. The second kappa shape index (κ2) is 4.14. The summed E-state index contributed by atoms with van der Waals surface area (Å²) in [6, 6.07) is 0. The molecule has 0 atom stereocenters. The fourth-order valence-electron chi connectivity index (χ4n) is 1.79. The molecule has 1 aromatic rings. The predicted molar refractivity (Wildman–Crippen MR) is 59.1 cm³/mol. The van der Waals surface area contributed by atoms with Crippen LogP contribution in [0.5, 0.6) is 0 Å². The Bertz CT molecular complexity index is 407. The zero-order valence-electron chi connectivity index (χ0n) is 9.34. The molecule has 1 aliphatic rings. The van der Waals surface area contributed by atoms with Crippen molar-refractivity contribution in [3.8, 4) is 0 Å². The molecule has 15 heavy (non-hydrogen) atoms. The highest BCUT2D eigenvalue weighted by atomic mass is 16.1. The van der Waals surface area contributed by atoms with Gasteiger partial charge in [0.05, 0.1) is 5.69 Å². The average Bonchev–Trinajstić information content (AvgIpc) is 2.15. The van der Waals surface area contributed by atoms with E-state index >= 15 is 0 Å². The Kier molecular flexibility index (Phi) is 2.86.